The first-order valence-corrected chi connectivity index (χ1v) is 2.98. The molecule has 0 unspecified atom stereocenters. The van der Waals surface area contributed by atoms with Crippen LogP contribution >= 0.6 is 0 Å². The van der Waals surface area contributed by atoms with Crippen molar-refractivity contribution in [3.05, 3.63) is 0 Å². The molecule has 0 spiro atoms. The molecule has 0 aromatic rings. The maximum Gasteiger partial charge on any atom is 0.398 e. The van der Waals surface area contributed by atoms with Crippen molar-refractivity contribution >= 4 is 10.4 Å². The summed E-state index contributed by atoms with van der Waals surface area (Å²) in [5.74, 6) is 1.86. The molecule has 0 radical (unpaired) electrons. The van der Waals surface area contributed by atoms with Crippen LogP contribution in [0.3, 0.4) is 0 Å². The Morgan fingerprint density at radius 3 is 2.22 bits per heavy atom. The average Bonchev–Trinajstić information content (AvgIpc) is 1.59. The quantitative estimate of drug-likeness (QED) is 0.449. The van der Waals surface area contributed by atoms with Crippen LogP contribution in [-0.4, -0.2) is 19.6 Å². The Labute approximate surface area is 54.8 Å². The van der Waals surface area contributed by atoms with Crippen LogP contribution in [0.5, 0.6) is 0 Å². The second kappa shape index (κ2) is 4.32. The van der Waals surface area contributed by atoms with Gasteiger partial charge in [-0.15, -0.1) is 6.42 Å². The minimum Gasteiger partial charge on any atom is -0.264 e. The first-order valence-electron chi connectivity index (χ1n) is 1.61. The Morgan fingerprint density at radius 2 is 2.11 bits per heavy atom. The molecule has 0 atom stereocenters. The summed E-state index contributed by atoms with van der Waals surface area (Å²) in [6, 6.07) is 0. The lowest BCUT2D eigenvalue weighted by Gasteiger charge is -1.88. The minimum atomic E-state index is -4.33. The topological polar surface area (TPSA) is 63.6 Å². The van der Waals surface area contributed by atoms with Crippen LogP contribution in [0.4, 0.5) is 0 Å². The fourth-order valence-electron chi connectivity index (χ4n) is 0.108. The molecule has 0 rings (SSSR count). The Balaban J connectivity index is 0. The van der Waals surface area contributed by atoms with Crippen molar-refractivity contribution in [2.24, 2.45) is 0 Å². The summed E-state index contributed by atoms with van der Waals surface area (Å²) in [6.07, 6.45) is 4.59. The number of hydrogen-bond acceptors (Lipinski definition) is 3. The molecular weight excluding hydrogens is 144 g/mol. The zero-order chi connectivity index (χ0) is 6.62. The molecule has 0 aliphatic carbocycles. The molecule has 0 saturated carbocycles. The maximum atomic E-state index is 9.63. The van der Waals surface area contributed by atoms with Gasteiger partial charge in [0.1, 0.15) is 6.61 Å². The van der Waals surface area contributed by atoms with Crippen molar-refractivity contribution in [2.45, 2.75) is 7.43 Å². The zero-order valence-corrected chi connectivity index (χ0v) is 4.68. The number of hydrogen-bond donors (Lipinski definition) is 1. The molecule has 0 saturated heterocycles. The van der Waals surface area contributed by atoms with E-state index >= 15 is 0 Å². The highest BCUT2D eigenvalue weighted by atomic mass is 32.3. The van der Waals surface area contributed by atoms with E-state index in [9.17, 15) is 8.42 Å². The Hall–Kier alpha value is -0.570. The summed E-state index contributed by atoms with van der Waals surface area (Å²) in [7, 11) is -4.33. The molecule has 4 nitrogen and oxygen atoms in total. The average molecular weight is 152 g/mol. The molecule has 0 bridgehead atoms. The van der Waals surface area contributed by atoms with Crippen molar-refractivity contribution in [3.63, 3.8) is 0 Å². The van der Waals surface area contributed by atoms with Crippen LogP contribution in [0.2, 0.25) is 0 Å². The maximum absolute atomic E-state index is 9.63. The molecule has 0 heterocycles. The minimum absolute atomic E-state index is 0. The van der Waals surface area contributed by atoms with Gasteiger partial charge in [0.05, 0.1) is 0 Å². The fourth-order valence-corrected chi connectivity index (χ4v) is 0.325. The summed E-state index contributed by atoms with van der Waals surface area (Å²) >= 11 is 0. The van der Waals surface area contributed by atoms with Crippen LogP contribution in [-0.2, 0) is 14.6 Å². The van der Waals surface area contributed by atoms with Gasteiger partial charge in [-0.2, -0.15) is 8.42 Å². The largest absolute Gasteiger partial charge is 0.398 e. The van der Waals surface area contributed by atoms with E-state index in [-0.39, 0.29) is 7.43 Å². The highest BCUT2D eigenvalue weighted by Gasteiger charge is 1.99. The monoisotopic (exact) mass is 152 g/mol. The zero-order valence-electron chi connectivity index (χ0n) is 3.86. The predicted octanol–water partition coefficient (Wildman–Crippen LogP) is 0.0751. The van der Waals surface area contributed by atoms with Crippen LogP contribution < -0.4 is 0 Å². The van der Waals surface area contributed by atoms with Crippen molar-refractivity contribution < 1.29 is 17.2 Å². The van der Waals surface area contributed by atoms with Gasteiger partial charge in [0, 0.05) is 0 Å². The Bertz CT molecular complexity index is 185. The summed E-state index contributed by atoms with van der Waals surface area (Å²) in [5, 5.41) is 0. The van der Waals surface area contributed by atoms with Gasteiger partial charge in [-0.1, -0.05) is 13.3 Å². The molecule has 54 valence electrons. The van der Waals surface area contributed by atoms with E-state index in [4.69, 9.17) is 4.55 Å². The van der Waals surface area contributed by atoms with E-state index < -0.39 is 17.0 Å². The van der Waals surface area contributed by atoms with E-state index in [1.807, 2.05) is 5.92 Å². The van der Waals surface area contributed by atoms with Gasteiger partial charge < -0.3 is 0 Å². The van der Waals surface area contributed by atoms with Crippen molar-refractivity contribution in [1.82, 2.24) is 0 Å². The molecule has 5 heteroatoms. The van der Waals surface area contributed by atoms with Crippen LogP contribution in [0.25, 0.3) is 0 Å². The summed E-state index contributed by atoms with van der Waals surface area (Å²) in [4.78, 5) is 0. The van der Waals surface area contributed by atoms with Crippen molar-refractivity contribution in [1.29, 1.82) is 0 Å². The molecule has 0 aromatic heterocycles. The first kappa shape index (κ1) is 11.3. The third-order valence-electron chi connectivity index (χ3n) is 0.291. The van der Waals surface area contributed by atoms with E-state index in [1.54, 1.807) is 0 Å². The molecule has 9 heavy (non-hydrogen) atoms. The highest BCUT2D eigenvalue weighted by molar-refractivity contribution is 7.80. The SMILES string of the molecule is C.C#CCOS(=O)(=O)O. The van der Waals surface area contributed by atoms with E-state index in [0.717, 1.165) is 0 Å². The third-order valence-corrected chi connectivity index (χ3v) is 0.707. The Kier molecular flexibility index (Phi) is 5.41. The summed E-state index contributed by atoms with van der Waals surface area (Å²) in [6.45, 7) is -0.432. The van der Waals surface area contributed by atoms with Crippen LogP contribution in [0.15, 0.2) is 0 Å². The fraction of sp³-hybridized carbons (Fsp3) is 0.500. The predicted molar refractivity (Wildman–Crippen MR) is 33.1 cm³/mol. The van der Waals surface area contributed by atoms with E-state index in [0.29, 0.717) is 0 Å². The lowest BCUT2D eigenvalue weighted by molar-refractivity contribution is 0.300. The Morgan fingerprint density at radius 1 is 1.67 bits per heavy atom. The summed E-state index contributed by atoms with van der Waals surface area (Å²) in [5.41, 5.74) is 0. The van der Waals surface area contributed by atoms with Gasteiger partial charge in [-0.05, 0) is 0 Å². The number of rotatable bonds is 2. The molecule has 0 aliphatic heterocycles. The molecule has 0 aromatic carbocycles. The van der Waals surface area contributed by atoms with E-state index in [1.165, 1.54) is 0 Å². The van der Waals surface area contributed by atoms with Gasteiger partial charge in [0.2, 0.25) is 0 Å². The number of terminal acetylenes is 1. The molecule has 0 aliphatic rings. The van der Waals surface area contributed by atoms with Crippen LogP contribution in [0.1, 0.15) is 7.43 Å². The van der Waals surface area contributed by atoms with Crippen LogP contribution in [0, 0.1) is 12.3 Å². The van der Waals surface area contributed by atoms with Gasteiger partial charge in [-0.25, -0.2) is 4.18 Å². The van der Waals surface area contributed by atoms with Crippen molar-refractivity contribution in [2.75, 3.05) is 6.61 Å². The molecular formula is C4H8O4S. The second-order valence-corrected chi connectivity index (χ2v) is 1.99. The summed E-state index contributed by atoms with van der Waals surface area (Å²) < 4.78 is 30.7. The lowest BCUT2D eigenvalue weighted by atomic mass is 10.8. The van der Waals surface area contributed by atoms with E-state index in [2.05, 4.69) is 10.6 Å². The molecule has 0 amide bonds. The lowest BCUT2D eigenvalue weighted by Crippen LogP contribution is -2.02. The third kappa shape index (κ3) is 11.2. The van der Waals surface area contributed by atoms with Gasteiger partial charge in [0.15, 0.2) is 0 Å². The molecule has 0 fully saturated rings. The van der Waals surface area contributed by atoms with Gasteiger partial charge in [0.25, 0.3) is 0 Å². The van der Waals surface area contributed by atoms with Crippen molar-refractivity contribution in [3.8, 4) is 12.3 Å². The second-order valence-electron chi connectivity index (χ2n) is 0.894. The smallest absolute Gasteiger partial charge is 0.264 e. The molecule has 1 N–H and O–H groups in total. The normalized spacial score (nSPS) is 9.33. The highest BCUT2D eigenvalue weighted by Crippen LogP contribution is 1.81. The van der Waals surface area contributed by atoms with Gasteiger partial charge >= 0.3 is 10.4 Å². The first-order chi connectivity index (χ1) is 3.56. The standard InChI is InChI=1S/C3H4O4S.CH4/c1-2-3-7-8(4,5)6;/h1H,3H2,(H,4,5,6);1H4. The van der Waals surface area contributed by atoms with Gasteiger partial charge in [-0.3, -0.25) is 4.55 Å².